The minimum atomic E-state index is -0.471. The van der Waals surface area contributed by atoms with Gasteiger partial charge in [0.25, 0.3) is 11.8 Å². The molecule has 2 aliphatic carbocycles. The lowest BCUT2D eigenvalue weighted by atomic mass is 10.00. The van der Waals surface area contributed by atoms with Gasteiger partial charge in [0.15, 0.2) is 6.61 Å². The number of esters is 1. The van der Waals surface area contributed by atoms with Crippen LogP contribution in [0.1, 0.15) is 69.0 Å². The molecule has 2 N–H and O–H groups in total. The summed E-state index contributed by atoms with van der Waals surface area (Å²) >= 11 is 1.48. The Kier molecular flexibility index (Phi) is 6.47. The standard InChI is InChI=1S/C23H26N2O4S/c26-21(25-18-9-6-5-8-17(18)22(27)24-16-11-12-16)14-29-23(28)20-13-15-7-3-1-2-4-10-19(15)30-20/h5-6,8-9,13,16H,1-4,7,10-12,14H2,(H,24,27)(H,25,26). The van der Waals surface area contributed by atoms with E-state index >= 15 is 0 Å². The summed E-state index contributed by atoms with van der Waals surface area (Å²) in [7, 11) is 0. The molecule has 158 valence electrons. The highest BCUT2D eigenvalue weighted by Crippen LogP contribution is 2.29. The largest absolute Gasteiger partial charge is 0.451 e. The molecule has 7 heteroatoms. The van der Waals surface area contributed by atoms with Crippen molar-refractivity contribution < 1.29 is 19.1 Å². The number of para-hydroxylation sites is 1. The fourth-order valence-corrected chi connectivity index (χ4v) is 4.76. The third-order valence-corrected chi connectivity index (χ3v) is 6.61. The Hall–Kier alpha value is -2.67. The Bertz CT molecular complexity index is 923. The Morgan fingerprint density at radius 1 is 1.03 bits per heavy atom. The number of hydrogen-bond donors (Lipinski definition) is 2. The number of fused-ring (bicyclic) bond motifs is 1. The minimum Gasteiger partial charge on any atom is -0.451 e. The summed E-state index contributed by atoms with van der Waals surface area (Å²) in [6.45, 7) is -0.389. The van der Waals surface area contributed by atoms with E-state index in [1.807, 2.05) is 6.07 Å². The third-order valence-electron chi connectivity index (χ3n) is 5.39. The van der Waals surface area contributed by atoms with Crippen molar-refractivity contribution in [3.05, 3.63) is 51.2 Å². The van der Waals surface area contributed by atoms with E-state index in [-0.39, 0.29) is 18.6 Å². The van der Waals surface area contributed by atoms with Crippen molar-refractivity contribution >= 4 is 34.8 Å². The van der Waals surface area contributed by atoms with Gasteiger partial charge in [0.2, 0.25) is 0 Å². The highest BCUT2D eigenvalue weighted by atomic mass is 32.1. The summed E-state index contributed by atoms with van der Waals surface area (Å²) in [6, 6.07) is 8.98. The second kappa shape index (κ2) is 9.43. The van der Waals surface area contributed by atoms with Crippen LogP contribution in [0.2, 0.25) is 0 Å². The van der Waals surface area contributed by atoms with Crippen LogP contribution in [0.25, 0.3) is 0 Å². The van der Waals surface area contributed by atoms with E-state index in [1.165, 1.54) is 34.6 Å². The van der Waals surface area contributed by atoms with Gasteiger partial charge >= 0.3 is 5.97 Å². The smallest absolute Gasteiger partial charge is 0.348 e. The zero-order valence-electron chi connectivity index (χ0n) is 16.9. The maximum absolute atomic E-state index is 12.4. The van der Waals surface area contributed by atoms with Crippen molar-refractivity contribution in [2.45, 2.75) is 57.4 Å². The fraction of sp³-hybridized carbons (Fsp3) is 0.435. The van der Waals surface area contributed by atoms with E-state index in [9.17, 15) is 14.4 Å². The first-order valence-electron chi connectivity index (χ1n) is 10.6. The number of aryl methyl sites for hydroxylation is 2. The van der Waals surface area contributed by atoms with Gasteiger partial charge in [-0.3, -0.25) is 9.59 Å². The first-order chi connectivity index (χ1) is 14.6. The molecule has 1 fully saturated rings. The van der Waals surface area contributed by atoms with Gasteiger partial charge in [-0.2, -0.15) is 0 Å². The Balaban J connectivity index is 1.33. The molecule has 1 saturated carbocycles. The molecule has 2 aromatic rings. The van der Waals surface area contributed by atoms with E-state index in [0.717, 1.165) is 38.5 Å². The zero-order chi connectivity index (χ0) is 20.9. The number of benzene rings is 1. The average Bonchev–Trinajstić information content (AvgIpc) is 3.45. The van der Waals surface area contributed by atoms with Gasteiger partial charge in [0.05, 0.1) is 11.3 Å². The molecule has 2 amide bonds. The van der Waals surface area contributed by atoms with Gasteiger partial charge in [0.1, 0.15) is 4.88 Å². The number of amides is 2. The maximum Gasteiger partial charge on any atom is 0.348 e. The monoisotopic (exact) mass is 426 g/mol. The molecule has 30 heavy (non-hydrogen) atoms. The molecule has 1 aromatic heterocycles. The molecule has 6 nitrogen and oxygen atoms in total. The highest BCUT2D eigenvalue weighted by molar-refractivity contribution is 7.14. The Morgan fingerprint density at radius 2 is 1.80 bits per heavy atom. The molecule has 1 heterocycles. The first kappa shape index (κ1) is 20.6. The molecule has 0 saturated heterocycles. The number of hydrogen-bond acceptors (Lipinski definition) is 5. The van der Waals surface area contributed by atoms with E-state index in [1.54, 1.807) is 24.3 Å². The summed E-state index contributed by atoms with van der Waals surface area (Å²) in [4.78, 5) is 38.9. The molecule has 1 aromatic carbocycles. The van der Waals surface area contributed by atoms with Crippen molar-refractivity contribution in [2.75, 3.05) is 11.9 Å². The summed E-state index contributed by atoms with van der Waals surface area (Å²) in [5.41, 5.74) is 2.06. The van der Waals surface area contributed by atoms with Crippen LogP contribution in [0.15, 0.2) is 30.3 Å². The molecule has 0 unspecified atom stereocenters. The van der Waals surface area contributed by atoms with Crippen LogP contribution in [0.5, 0.6) is 0 Å². The molecule has 0 atom stereocenters. The van der Waals surface area contributed by atoms with Crippen LogP contribution in [-0.4, -0.2) is 30.4 Å². The summed E-state index contributed by atoms with van der Waals surface area (Å²) < 4.78 is 5.24. The van der Waals surface area contributed by atoms with E-state index in [0.29, 0.717) is 16.1 Å². The van der Waals surface area contributed by atoms with Gasteiger partial charge in [-0.05, 0) is 62.3 Å². The Labute approximate surface area is 180 Å². The van der Waals surface area contributed by atoms with Crippen LogP contribution in [0, 0.1) is 0 Å². The number of thiophene rings is 1. The van der Waals surface area contributed by atoms with E-state index in [4.69, 9.17) is 4.74 Å². The van der Waals surface area contributed by atoms with Gasteiger partial charge in [-0.1, -0.05) is 25.0 Å². The lowest BCUT2D eigenvalue weighted by Crippen LogP contribution is -2.27. The highest BCUT2D eigenvalue weighted by Gasteiger charge is 2.25. The molecule has 0 bridgehead atoms. The lowest BCUT2D eigenvalue weighted by Gasteiger charge is -2.11. The number of anilines is 1. The number of carbonyl (C=O) groups is 3. The summed E-state index contributed by atoms with van der Waals surface area (Å²) in [6.07, 6.45) is 8.75. The Morgan fingerprint density at radius 3 is 2.60 bits per heavy atom. The van der Waals surface area contributed by atoms with Gasteiger partial charge in [-0.15, -0.1) is 11.3 Å². The molecule has 4 rings (SSSR count). The van der Waals surface area contributed by atoms with E-state index in [2.05, 4.69) is 10.6 Å². The molecule has 0 radical (unpaired) electrons. The molecule has 0 aliphatic heterocycles. The minimum absolute atomic E-state index is 0.207. The summed E-state index contributed by atoms with van der Waals surface area (Å²) in [5.74, 6) is -1.15. The van der Waals surface area contributed by atoms with Crippen molar-refractivity contribution in [2.24, 2.45) is 0 Å². The first-order valence-corrected chi connectivity index (χ1v) is 11.4. The normalized spacial score (nSPS) is 16.0. The number of ether oxygens (including phenoxy) is 1. The van der Waals surface area contributed by atoms with Crippen LogP contribution < -0.4 is 10.6 Å². The van der Waals surface area contributed by atoms with Crippen LogP contribution in [-0.2, 0) is 22.4 Å². The second-order valence-corrected chi connectivity index (χ2v) is 9.03. The maximum atomic E-state index is 12.4. The molecular formula is C23H26N2O4S. The number of carbonyl (C=O) groups excluding carboxylic acids is 3. The predicted molar refractivity (Wildman–Crippen MR) is 116 cm³/mol. The van der Waals surface area contributed by atoms with Crippen molar-refractivity contribution in [3.8, 4) is 0 Å². The fourth-order valence-electron chi connectivity index (χ4n) is 3.61. The molecule has 2 aliphatic rings. The molecular weight excluding hydrogens is 400 g/mol. The van der Waals surface area contributed by atoms with Gasteiger partial charge in [0, 0.05) is 10.9 Å². The van der Waals surface area contributed by atoms with Crippen LogP contribution in [0.3, 0.4) is 0 Å². The average molecular weight is 427 g/mol. The van der Waals surface area contributed by atoms with Gasteiger partial charge in [-0.25, -0.2) is 4.79 Å². The van der Waals surface area contributed by atoms with E-state index < -0.39 is 11.9 Å². The zero-order valence-corrected chi connectivity index (χ0v) is 17.7. The van der Waals surface area contributed by atoms with Crippen molar-refractivity contribution in [1.82, 2.24) is 5.32 Å². The van der Waals surface area contributed by atoms with Crippen LogP contribution in [0.4, 0.5) is 5.69 Å². The number of nitrogens with one attached hydrogen (secondary N) is 2. The number of rotatable bonds is 6. The van der Waals surface area contributed by atoms with Crippen LogP contribution >= 0.6 is 11.3 Å². The SMILES string of the molecule is O=C(COC(=O)c1cc2c(s1)CCCCCC2)Nc1ccccc1C(=O)NC1CC1. The lowest BCUT2D eigenvalue weighted by molar-refractivity contribution is -0.119. The van der Waals surface area contributed by atoms with Crippen molar-refractivity contribution in [3.63, 3.8) is 0 Å². The third kappa shape index (κ3) is 5.27. The predicted octanol–water partition coefficient (Wildman–Crippen LogP) is 4.09. The second-order valence-electron chi connectivity index (χ2n) is 7.89. The van der Waals surface area contributed by atoms with Gasteiger partial charge < -0.3 is 15.4 Å². The van der Waals surface area contributed by atoms with Crippen molar-refractivity contribution in [1.29, 1.82) is 0 Å². The molecule has 0 spiro atoms. The quantitative estimate of drug-likeness (QED) is 0.681. The summed E-state index contributed by atoms with van der Waals surface area (Å²) in [5, 5.41) is 5.60. The topological polar surface area (TPSA) is 84.5 Å².